The number of pyridine rings is 4. The molecular weight excluding hydrogens is 1480 g/mol. The van der Waals surface area contributed by atoms with Crippen LogP contribution in [0.2, 0.25) is 5.02 Å². The van der Waals surface area contributed by atoms with Gasteiger partial charge in [0, 0.05) is 68.8 Å². The highest BCUT2D eigenvalue weighted by Crippen LogP contribution is 2.39. The Morgan fingerprint density at radius 2 is 0.475 bits per heavy atom. The first-order chi connectivity index (χ1) is 57.8. The smallest absolute Gasteiger partial charge is 0.399 e. The van der Waals surface area contributed by atoms with Gasteiger partial charge in [-0.3, -0.25) is 19.9 Å². The number of halogens is 1. The van der Waals surface area contributed by atoms with Gasteiger partial charge in [0.15, 0.2) is 46.6 Å². The average Bonchev–Trinajstić information content (AvgIpc) is 1.60. The van der Waals surface area contributed by atoms with E-state index in [9.17, 15) is 0 Å². The Labute approximate surface area is 689 Å². The second-order valence-corrected chi connectivity index (χ2v) is 29.3. The fourth-order valence-corrected chi connectivity index (χ4v) is 13.6. The summed E-state index contributed by atoms with van der Waals surface area (Å²) in [6, 6.07) is 117. The fraction of sp³-hybridized carbons (Fsp3) is 0.0600. The van der Waals surface area contributed by atoms with Crippen molar-refractivity contribution >= 4 is 24.2 Å². The molecule has 18 heteroatoms. The summed E-state index contributed by atoms with van der Waals surface area (Å²) in [7, 11) is -0.435. The van der Waals surface area contributed by atoms with E-state index >= 15 is 0 Å². The van der Waals surface area contributed by atoms with Crippen LogP contribution < -0.4 is 5.46 Å². The van der Waals surface area contributed by atoms with Gasteiger partial charge in [-0.05, 0) is 157 Å². The lowest BCUT2D eigenvalue weighted by Gasteiger charge is -2.32. The molecule has 566 valence electrons. The molecule has 0 aliphatic carbocycles. The molecule has 1 fully saturated rings. The minimum Gasteiger partial charge on any atom is -0.399 e. The maximum Gasteiger partial charge on any atom is 0.494 e. The maximum atomic E-state index is 6.32. The van der Waals surface area contributed by atoms with Gasteiger partial charge in [0.05, 0.1) is 34.0 Å². The normalized spacial score (nSPS) is 12.5. The SMILES string of the molecule is CC1(C)OB(c2cccc(-c3cc(-c4ccccc4)nc(-c4ccc(-c5ccccc5)cc4)n3)c2)OC1(C)C.Clc1cccc(-c2nc(-c3ccccn3)nc(-c3ccccn3)n2)c1.c1ccc(-c2ccc(-c3nc(-c4ccccc4)cc(-c4cccc(-c5cccc(-c6nc(-c7ccccn7)nc(-c7ccccn7)n6)c5)c4)n3)cc2)cc1. The molecule has 0 bridgehead atoms. The van der Waals surface area contributed by atoms with Gasteiger partial charge in [0.2, 0.25) is 0 Å². The summed E-state index contributed by atoms with van der Waals surface area (Å²) < 4.78 is 12.6. The molecule has 118 heavy (non-hydrogen) atoms. The van der Waals surface area contributed by atoms with Crippen LogP contribution in [0.4, 0.5) is 0 Å². The first-order valence-electron chi connectivity index (χ1n) is 38.6. The van der Waals surface area contributed by atoms with Crippen LogP contribution in [0.15, 0.2) is 377 Å². The largest absolute Gasteiger partial charge is 0.494 e. The Morgan fingerprint density at radius 1 is 0.203 bits per heavy atom. The number of nitrogens with zero attached hydrogens (tertiary/aromatic N) is 14. The topological polar surface area (TPSA) is 199 Å². The molecule has 0 saturated carbocycles. The summed E-state index contributed by atoms with van der Waals surface area (Å²) in [5.41, 5.74) is 20.6. The predicted octanol–water partition coefficient (Wildman–Crippen LogP) is 22.5. The quantitative estimate of drug-likeness (QED) is 0.0827. The van der Waals surface area contributed by atoms with Crippen molar-refractivity contribution in [2.75, 3.05) is 0 Å². The van der Waals surface area contributed by atoms with Crippen LogP contribution in [-0.4, -0.2) is 88.1 Å². The van der Waals surface area contributed by atoms with Gasteiger partial charge in [-0.2, -0.15) is 0 Å². The van der Waals surface area contributed by atoms with Crippen molar-refractivity contribution in [3.8, 4) is 170 Å². The van der Waals surface area contributed by atoms with Gasteiger partial charge < -0.3 is 9.31 Å². The lowest BCUT2D eigenvalue weighted by atomic mass is 9.78. The molecule has 0 spiro atoms. The number of hydrogen-bond donors (Lipinski definition) is 0. The lowest BCUT2D eigenvalue weighted by Crippen LogP contribution is -2.41. The Balaban J connectivity index is 0.000000136. The summed E-state index contributed by atoms with van der Waals surface area (Å²) in [5, 5.41) is 0.622. The maximum absolute atomic E-state index is 6.32. The number of aromatic nitrogens is 14. The van der Waals surface area contributed by atoms with E-state index in [2.05, 4.69) is 245 Å². The summed E-state index contributed by atoms with van der Waals surface area (Å²) in [6.07, 6.45) is 6.88. The Bertz CT molecular complexity index is 6370. The van der Waals surface area contributed by atoms with Gasteiger partial charge in [-0.1, -0.05) is 279 Å². The van der Waals surface area contributed by atoms with Crippen molar-refractivity contribution < 1.29 is 9.31 Å². The Morgan fingerprint density at radius 3 is 0.847 bits per heavy atom. The van der Waals surface area contributed by atoms with Crippen molar-refractivity contribution in [2.45, 2.75) is 38.9 Å². The fourth-order valence-electron chi connectivity index (χ4n) is 13.4. The second-order valence-electron chi connectivity index (χ2n) is 28.9. The zero-order valence-corrected chi connectivity index (χ0v) is 65.6. The van der Waals surface area contributed by atoms with Gasteiger partial charge in [-0.25, -0.2) is 49.8 Å². The van der Waals surface area contributed by atoms with Crippen LogP contribution >= 0.6 is 11.6 Å². The van der Waals surface area contributed by atoms with Crippen LogP contribution in [0.5, 0.6) is 0 Å². The molecular formula is C100H74BClN14O2. The van der Waals surface area contributed by atoms with Crippen LogP contribution in [0.1, 0.15) is 27.7 Å². The highest BCUT2D eigenvalue weighted by molar-refractivity contribution is 6.62. The third-order valence-electron chi connectivity index (χ3n) is 20.3. The number of rotatable bonds is 16. The average molecular weight is 1550 g/mol. The van der Waals surface area contributed by atoms with Gasteiger partial charge in [-0.15, -0.1) is 0 Å². The first kappa shape index (κ1) is 75.9. The molecule has 0 atom stereocenters. The third kappa shape index (κ3) is 17.6. The molecule has 1 saturated heterocycles. The third-order valence-corrected chi connectivity index (χ3v) is 20.6. The lowest BCUT2D eigenvalue weighted by molar-refractivity contribution is 0.00578. The van der Waals surface area contributed by atoms with E-state index in [1.54, 1.807) is 24.8 Å². The van der Waals surface area contributed by atoms with E-state index in [4.69, 9.17) is 55.8 Å². The van der Waals surface area contributed by atoms with Crippen molar-refractivity contribution in [1.82, 2.24) is 69.8 Å². The highest BCUT2D eigenvalue weighted by atomic mass is 35.5. The van der Waals surface area contributed by atoms with E-state index in [0.29, 0.717) is 74.4 Å². The Kier molecular flexibility index (Phi) is 22.2. The van der Waals surface area contributed by atoms with E-state index in [1.807, 2.05) is 170 Å². The van der Waals surface area contributed by atoms with Crippen LogP contribution in [0.25, 0.3) is 170 Å². The van der Waals surface area contributed by atoms with E-state index in [-0.39, 0.29) is 0 Å². The van der Waals surface area contributed by atoms with E-state index in [1.165, 1.54) is 11.1 Å². The van der Waals surface area contributed by atoms with Gasteiger partial charge in [0.1, 0.15) is 22.8 Å². The summed E-state index contributed by atoms with van der Waals surface area (Å²) in [5.74, 6) is 4.37. The zero-order chi connectivity index (χ0) is 80.2. The van der Waals surface area contributed by atoms with Crippen molar-refractivity contribution in [3.05, 3.63) is 382 Å². The van der Waals surface area contributed by atoms with Gasteiger partial charge >= 0.3 is 7.12 Å². The molecule has 9 heterocycles. The zero-order valence-electron chi connectivity index (χ0n) is 64.8. The minimum atomic E-state index is -0.435. The molecule has 1 aliphatic rings. The summed E-state index contributed by atoms with van der Waals surface area (Å²) in [6.45, 7) is 8.29. The van der Waals surface area contributed by atoms with Crippen molar-refractivity contribution in [3.63, 3.8) is 0 Å². The molecule has 10 aromatic carbocycles. The highest BCUT2D eigenvalue weighted by Gasteiger charge is 2.51. The monoisotopic (exact) mass is 1550 g/mol. The molecule has 18 aromatic rings. The minimum absolute atomic E-state index is 0.401. The van der Waals surface area contributed by atoms with E-state index in [0.717, 1.165) is 95.0 Å². The Hall–Kier alpha value is -14.7. The van der Waals surface area contributed by atoms with Crippen LogP contribution in [0, 0.1) is 0 Å². The molecule has 16 nitrogen and oxygen atoms in total. The summed E-state index contributed by atoms with van der Waals surface area (Å²) >= 11 is 6.11. The summed E-state index contributed by atoms with van der Waals surface area (Å²) in [4.78, 5) is 66.0. The first-order valence-corrected chi connectivity index (χ1v) is 39.0. The van der Waals surface area contributed by atoms with Crippen molar-refractivity contribution in [1.29, 1.82) is 0 Å². The van der Waals surface area contributed by atoms with E-state index < -0.39 is 18.3 Å². The number of hydrogen-bond acceptors (Lipinski definition) is 16. The second kappa shape index (κ2) is 34.5. The molecule has 19 rings (SSSR count). The standard InChI is InChI=1S/C47H31N7.C34H31BN2O2.C19H12ClN5/c1-3-13-32(14-4-1)33-23-25-35(26-24-33)44-50-42(34-15-5-2-6-16-34)31-43(51-44)38-19-11-17-36(29-38)37-18-12-20-39(30-37)45-52-46(40-21-7-9-27-48-40)54-47(53-45)41-22-8-10-28-49-41;1-33(2)34(3,4)39-35(38-33)29-17-11-16-28(22-29)31-23-30(26-14-9-6-10-15-26)36-32(37-31)27-20-18-25(19-21-27)24-12-7-5-8-13-24;20-14-7-5-6-13(12-14)17-23-18(15-8-1-3-10-21-15)25-19(24-17)16-9-2-4-11-22-16/h1-31H;5-23H,1-4H3;1-12H. The van der Waals surface area contributed by atoms with Crippen LogP contribution in [-0.2, 0) is 9.31 Å². The molecule has 1 aliphatic heterocycles. The number of benzene rings is 10. The van der Waals surface area contributed by atoms with Gasteiger partial charge in [0.25, 0.3) is 0 Å². The van der Waals surface area contributed by atoms with Crippen molar-refractivity contribution in [2.24, 2.45) is 0 Å². The molecule has 0 radical (unpaired) electrons. The molecule has 0 unspecified atom stereocenters. The molecule has 0 N–H and O–H groups in total. The molecule has 0 amide bonds. The van der Waals surface area contributed by atoms with Crippen LogP contribution in [0.3, 0.4) is 0 Å². The molecule has 8 aromatic heterocycles. The predicted molar refractivity (Wildman–Crippen MR) is 471 cm³/mol.